The number of nitrogens with zero attached hydrogens (tertiary/aromatic N) is 3. The van der Waals surface area contributed by atoms with Crippen LogP contribution < -0.4 is 10.2 Å². The van der Waals surface area contributed by atoms with E-state index in [4.69, 9.17) is 0 Å². The van der Waals surface area contributed by atoms with Gasteiger partial charge < -0.3 is 15.3 Å². The molecule has 0 saturated carbocycles. The van der Waals surface area contributed by atoms with E-state index in [1.807, 2.05) is 48.5 Å². The summed E-state index contributed by atoms with van der Waals surface area (Å²) in [4.78, 5) is 1.94. The van der Waals surface area contributed by atoms with Crippen molar-refractivity contribution in [3.8, 4) is 11.1 Å². The second-order valence-corrected chi connectivity index (χ2v) is 7.81. The number of aryl methyl sites for hydroxylation is 1. The molecule has 2 atom stereocenters. The highest BCUT2D eigenvalue weighted by molar-refractivity contribution is 5.65. The topological polar surface area (TPSA) is 53.3 Å². The van der Waals surface area contributed by atoms with Crippen LogP contribution in [-0.4, -0.2) is 34.2 Å². The Morgan fingerprint density at radius 2 is 2.11 bits per heavy atom. The average Bonchev–Trinajstić information content (AvgIpc) is 3.41. The number of aliphatic hydroxyl groups excluding tert-OH is 1. The Balaban J connectivity index is 1.48. The number of hydrogen-bond acceptors (Lipinski definition) is 4. The molecule has 5 rings (SSSR count). The number of anilines is 1. The fourth-order valence-corrected chi connectivity index (χ4v) is 4.66. The average molecular weight is 378 g/mol. The summed E-state index contributed by atoms with van der Waals surface area (Å²) >= 11 is 0. The molecule has 0 radical (unpaired) electrons. The predicted molar refractivity (Wildman–Crippen MR) is 106 cm³/mol. The van der Waals surface area contributed by atoms with Gasteiger partial charge in [0.15, 0.2) is 0 Å². The van der Waals surface area contributed by atoms with Crippen molar-refractivity contribution >= 4 is 5.69 Å². The molecule has 1 saturated heterocycles. The lowest BCUT2D eigenvalue weighted by atomic mass is 9.80. The highest BCUT2D eigenvalue weighted by Gasteiger charge is 2.51. The molecule has 1 spiro atoms. The summed E-state index contributed by atoms with van der Waals surface area (Å²) < 4.78 is 16.6. The molecule has 2 aliphatic heterocycles. The van der Waals surface area contributed by atoms with Gasteiger partial charge in [0.2, 0.25) is 0 Å². The van der Waals surface area contributed by atoms with E-state index in [0.717, 1.165) is 41.9 Å². The number of benzene rings is 2. The molecule has 144 valence electrons. The molecule has 2 aliphatic rings. The van der Waals surface area contributed by atoms with Gasteiger partial charge in [0.25, 0.3) is 0 Å². The van der Waals surface area contributed by atoms with Gasteiger partial charge in [0, 0.05) is 43.1 Å². The number of halogens is 1. The predicted octanol–water partition coefficient (Wildman–Crippen LogP) is 2.80. The normalized spacial score (nSPS) is 23.5. The van der Waals surface area contributed by atoms with Crippen LogP contribution >= 0.6 is 0 Å². The Hall–Kier alpha value is -2.70. The van der Waals surface area contributed by atoms with Gasteiger partial charge in [-0.1, -0.05) is 30.3 Å². The zero-order valence-corrected chi connectivity index (χ0v) is 15.8. The van der Waals surface area contributed by atoms with Crippen LogP contribution in [0.2, 0.25) is 0 Å². The van der Waals surface area contributed by atoms with Crippen LogP contribution in [0.25, 0.3) is 11.1 Å². The SMILES string of the molecule is Cn1cc(-c2ccc(CN3c4ccccc4C4(CCNC4)C3O)c(F)c2)cn1. The third kappa shape index (κ3) is 2.56. The Morgan fingerprint density at radius 3 is 2.82 bits per heavy atom. The van der Waals surface area contributed by atoms with Crippen molar-refractivity contribution in [1.29, 1.82) is 0 Å². The number of para-hydroxylation sites is 1. The first-order valence-electron chi connectivity index (χ1n) is 9.61. The maximum Gasteiger partial charge on any atom is 0.138 e. The van der Waals surface area contributed by atoms with Crippen LogP contribution in [0.15, 0.2) is 54.9 Å². The largest absolute Gasteiger partial charge is 0.373 e. The summed E-state index contributed by atoms with van der Waals surface area (Å²) in [5.41, 5.74) is 4.09. The minimum atomic E-state index is -0.669. The molecule has 3 aromatic rings. The summed E-state index contributed by atoms with van der Waals surface area (Å²) in [5.74, 6) is -0.267. The molecular formula is C22H23FN4O. The monoisotopic (exact) mass is 378 g/mol. The van der Waals surface area contributed by atoms with Gasteiger partial charge in [-0.25, -0.2) is 4.39 Å². The van der Waals surface area contributed by atoms with E-state index in [1.165, 1.54) is 0 Å². The Morgan fingerprint density at radius 1 is 1.25 bits per heavy atom. The fourth-order valence-electron chi connectivity index (χ4n) is 4.66. The molecule has 2 aromatic carbocycles. The van der Waals surface area contributed by atoms with Gasteiger partial charge in [-0.15, -0.1) is 0 Å². The summed E-state index contributed by atoms with van der Waals surface area (Å²) in [6.45, 7) is 1.95. The van der Waals surface area contributed by atoms with Crippen molar-refractivity contribution in [2.24, 2.45) is 7.05 Å². The van der Waals surface area contributed by atoms with Crippen LogP contribution in [0.4, 0.5) is 10.1 Å². The Bertz CT molecular complexity index is 1020. The molecule has 1 aromatic heterocycles. The fraction of sp³-hybridized carbons (Fsp3) is 0.318. The van der Waals surface area contributed by atoms with Crippen LogP contribution in [0.5, 0.6) is 0 Å². The zero-order valence-electron chi connectivity index (χ0n) is 15.8. The third-order valence-corrected chi connectivity index (χ3v) is 6.16. The molecule has 3 heterocycles. The highest BCUT2D eigenvalue weighted by Crippen LogP contribution is 2.48. The lowest BCUT2D eigenvalue weighted by Gasteiger charge is -2.32. The summed E-state index contributed by atoms with van der Waals surface area (Å²) in [5, 5.41) is 18.7. The van der Waals surface area contributed by atoms with Gasteiger partial charge in [-0.05, 0) is 36.2 Å². The first kappa shape index (κ1) is 17.4. The minimum Gasteiger partial charge on any atom is -0.373 e. The van der Waals surface area contributed by atoms with Gasteiger partial charge in [-0.3, -0.25) is 4.68 Å². The van der Waals surface area contributed by atoms with Gasteiger partial charge in [-0.2, -0.15) is 5.10 Å². The maximum atomic E-state index is 14.9. The number of aromatic nitrogens is 2. The molecule has 0 aliphatic carbocycles. The van der Waals surface area contributed by atoms with E-state index in [9.17, 15) is 9.50 Å². The number of nitrogens with one attached hydrogen (secondary N) is 1. The van der Waals surface area contributed by atoms with Gasteiger partial charge >= 0.3 is 0 Å². The lowest BCUT2D eigenvalue weighted by Crippen LogP contribution is -2.46. The maximum absolute atomic E-state index is 14.9. The number of rotatable bonds is 3. The zero-order chi connectivity index (χ0) is 19.3. The van der Waals surface area contributed by atoms with Crippen molar-refractivity contribution < 1.29 is 9.50 Å². The van der Waals surface area contributed by atoms with E-state index >= 15 is 0 Å². The Kier molecular flexibility index (Phi) is 4.00. The molecule has 6 heteroatoms. The number of fused-ring (bicyclic) bond motifs is 2. The van der Waals surface area contributed by atoms with Crippen molar-refractivity contribution in [2.45, 2.75) is 24.6 Å². The van der Waals surface area contributed by atoms with Crippen molar-refractivity contribution in [3.63, 3.8) is 0 Å². The van der Waals surface area contributed by atoms with Crippen molar-refractivity contribution in [2.75, 3.05) is 18.0 Å². The third-order valence-electron chi connectivity index (χ3n) is 6.16. The molecule has 1 fully saturated rings. The standard InChI is InChI=1S/C22H23FN4O/c1-26-12-17(11-25-26)15-6-7-16(19(23)10-15)13-27-20-5-3-2-4-18(20)22(21(27)28)8-9-24-14-22/h2-7,10-12,21,24,28H,8-9,13-14H2,1H3. The molecule has 2 unspecified atom stereocenters. The Labute approximate surface area is 163 Å². The number of hydrogen-bond donors (Lipinski definition) is 2. The molecule has 0 bridgehead atoms. The van der Waals surface area contributed by atoms with Crippen LogP contribution in [0, 0.1) is 5.82 Å². The van der Waals surface area contributed by atoms with Crippen LogP contribution in [-0.2, 0) is 19.0 Å². The highest BCUT2D eigenvalue weighted by atomic mass is 19.1. The molecule has 0 amide bonds. The van der Waals surface area contributed by atoms with Gasteiger partial charge in [0.1, 0.15) is 12.0 Å². The second-order valence-electron chi connectivity index (χ2n) is 7.81. The van der Waals surface area contributed by atoms with E-state index in [0.29, 0.717) is 12.1 Å². The van der Waals surface area contributed by atoms with E-state index in [-0.39, 0.29) is 11.2 Å². The lowest BCUT2D eigenvalue weighted by molar-refractivity contribution is 0.0982. The number of aliphatic hydroxyl groups is 1. The molecular weight excluding hydrogens is 355 g/mol. The summed E-state index contributed by atoms with van der Waals surface area (Å²) in [6, 6.07) is 13.4. The van der Waals surface area contributed by atoms with E-state index < -0.39 is 6.23 Å². The van der Waals surface area contributed by atoms with Crippen LogP contribution in [0.3, 0.4) is 0 Å². The molecule has 5 nitrogen and oxygen atoms in total. The van der Waals surface area contributed by atoms with Crippen molar-refractivity contribution in [1.82, 2.24) is 15.1 Å². The first-order valence-corrected chi connectivity index (χ1v) is 9.61. The van der Waals surface area contributed by atoms with Gasteiger partial charge in [0.05, 0.1) is 11.6 Å². The first-order chi connectivity index (χ1) is 13.6. The van der Waals surface area contributed by atoms with E-state index in [2.05, 4.69) is 16.5 Å². The smallest absolute Gasteiger partial charge is 0.138 e. The molecule has 2 N–H and O–H groups in total. The molecule has 28 heavy (non-hydrogen) atoms. The quantitative estimate of drug-likeness (QED) is 0.736. The summed E-state index contributed by atoms with van der Waals surface area (Å²) in [7, 11) is 1.84. The second kappa shape index (κ2) is 6.43. The van der Waals surface area contributed by atoms with Crippen molar-refractivity contribution in [3.05, 3.63) is 71.8 Å². The minimum absolute atomic E-state index is 0.267. The summed E-state index contributed by atoms with van der Waals surface area (Å²) in [6.07, 6.45) is 3.80. The van der Waals surface area contributed by atoms with E-state index in [1.54, 1.807) is 16.9 Å². The van der Waals surface area contributed by atoms with Crippen LogP contribution in [0.1, 0.15) is 17.5 Å².